The summed E-state index contributed by atoms with van der Waals surface area (Å²) >= 11 is 6.71. The number of amides is 1. The summed E-state index contributed by atoms with van der Waals surface area (Å²) in [4.78, 5) is 27.7. The maximum Gasteiger partial charge on any atom is 0.272 e. The van der Waals surface area contributed by atoms with Crippen molar-refractivity contribution in [2.45, 2.75) is 64.5 Å². The molecule has 2 heterocycles. The summed E-state index contributed by atoms with van der Waals surface area (Å²) in [6, 6.07) is 2.21. The highest BCUT2D eigenvalue weighted by Gasteiger charge is 2.22. The van der Waals surface area contributed by atoms with Crippen molar-refractivity contribution in [3.05, 3.63) is 26.6 Å². The Morgan fingerprint density at radius 3 is 3.00 bits per heavy atom. The van der Waals surface area contributed by atoms with Gasteiger partial charge in [-0.1, -0.05) is 19.8 Å². The van der Waals surface area contributed by atoms with Crippen molar-refractivity contribution in [3.8, 4) is 0 Å². The second-order valence-corrected chi connectivity index (χ2v) is 8.25. The van der Waals surface area contributed by atoms with Crippen molar-refractivity contribution in [2.24, 2.45) is 5.92 Å². The van der Waals surface area contributed by atoms with E-state index in [2.05, 4.69) is 17.2 Å². The van der Waals surface area contributed by atoms with Crippen LogP contribution in [0.3, 0.4) is 0 Å². The van der Waals surface area contributed by atoms with E-state index in [1.807, 2.05) is 11.4 Å². The molecule has 1 amide bonds. The van der Waals surface area contributed by atoms with Gasteiger partial charge >= 0.3 is 0 Å². The molecule has 7 heteroatoms. The van der Waals surface area contributed by atoms with E-state index in [1.54, 1.807) is 4.57 Å². The van der Waals surface area contributed by atoms with Gasteiger partial charge in [-0.25, -0.2) is 0 Å². The van der Waals surface area contributed by atoms with Crippen molar-refractivity contribution < 1.29 is 4.79 Å². The molecule has 0 aliphatic heterocycles. The normalized spacial score (nSPS) is 20.7. The lowest BCUT2D eigenvalue weighted by Crippen LogP contribution is -2.40. The zero-order valence-corrected chi connectivity index (χ0v) is 16.2. The summed E-state index contributed by atoms with van der Waals surface area (Å²) in [5, 5.41) is 5.07. The molecular weight excluding hydrogens is 354 g/mol. The highest BCUT2D eigenvalue weighted by atomic mass is 32.1. The fraction of sp³-hybridized carbons (Fsp3) is 0.611. The van der Waals surface area contributed by atoms with Gasteiger partial charge in [-0.3, -0.25) is 14.2 Å². The lowest BCUT2D eigenvalue weighted by Gasteiger charge is -2.29. The van der Waals surface area contributed by atoms with E-state index in [4.69, 9.17) is 12.2 Å². The third kappa shape index (κ3) is 4.39. The Kier molecular flexibility index (Phi) is 6.06. The lowest BCUT2D eigenvalue weighted by atomic mass is 9.86. The summed E-state index contributed by atoms with van der Waals surface area (Å²) < 4.78 is 2.77. The van der Waals surface area contributed by atoms with Crippen LogP contribution in [0.2, 0.25) is 0 Å². The van der Waals surface area contributed by atoms with E-state index in [0.29, 0.717) is 34.4 Å². The molecule has 2 aromatic rings. The Hall–Kier alpha value is -1.47. The number of H-pyrrole nitrogens is 1. The highest BCUT2D eigenvalue weighted by molar-refractivity contribution is 7.71. The Morgan fingerprint density at radius 1 is 1.40 bits per heavy atom. The molecule has 0 saturated heterocycles. The fourth-order valence-corrected chi connectivity index (χ4v) is 4.62. The van der Waals surface area contributed by atoms with Crippen LogP contribution in [-0.2, 0) is 11.3 Å². The predicted octanol–water partition coefficient (Wildman–Crippen LogP) is 3.99. The first-order chi connectivity index (χ1) is 12.1. The third-order valence-electron chi connectivity index (χ3n) is 5.08. The van der Waals surface area contributed by atoms with Gasteiger partial charge in [0.05, 0.1) is 5.52 Å². The maximum atomic E-state index is 12.4. The van der Waals surface area contributed by atoms with Gasteiger partial charge in [0.2, 0.25) is 5.91 Å². The minimum Gasteiger partial charge on any atom is -0.353 e. The number of carbonyl (C=O) groups is 1. The van der Waals surface area contributed by atoms with Gasteiger partial charge in [0.1, 0.15) is 4.70 Å². The Morgan fingerprint density at radius 2 is 2.20 bits per heavy atom. The molecule has 2 N–H and O–H groups in total. The van der Waals surface area contributed by atoms with Crippen LogP contribution in [0.4, 0.5) is 0 Å². The quantitative estimate of drug-likeness (QED) is 0.589. The zero-order valence-electron chi connectivity index (χ0n) is 14.5. The summed E-state index contributed by atoms with van der Waals surface area (Å²) in [7, 11) is 0. The molecule has 2 atom stereocenters. The van der Waals surface area contributed by atoms with Crippen LogP contribution in [0.25, 0.3) is 10.2 Å². The molecule has 0 unspecified atom stereocenters. The summed E-state index contributed by atoms with van der Waals surface area (Å²) in [6.45, 7) is 2.77. The molecule has 0 aromatic carbocycles. The minimum absolute atomic E-state index is 0.0331. The number of hydrogen-bond acceptors (Lipinski definition) is 4. The second-order valence-electron chi connectivity index (χ2n) is 6.94. The topological polar surface area (TPSA) is 66.9 Å². The van der Waals surface area contributed by atoms with E-state index in [0.717, 1.165) is 24.8 Å². The number of aromatic amines is 1. The van der Waals surface area contributed by atoms with Gasteiger partial charge < -0.3 is 10.3 Å². The number of carbonyl (C=O) groups excluding carboxylic acids is 1. The number of unbranched alkanes of at least 4 members (excludes halogenated alkanes) is 1. The van der Waals surface area contributed by atoms with Gasteiger partial charge in [-0.2, -0.15) is 0 Å². The molecule has 0 bridgehead atoms. The smallest absolute Gasteiger partial charge is 0.272 e. The van der Waals surface area contributed by atoms with E-state index in [-0.39, 0.29) is 11.5 Å². The van der Waals surface area contributed by atoms with Crippen LogP contribution >= 0.6 is 23.6 Å². The molecule has 1 aliphatic carbocycles. The first-order valence-corrected chi connectivity index (χ1v) is 10.3. The van der Waals surface area contributed by atoms with Crippen LogP contribution in [-0.4, -0.2) is 21.5 Å². The predicted molar refractivity (Wildman–Crippen MR) is 105 cm³/mol. The number of aromatic nitrogens is 2. The number of rotatable bonds is 6. The molecule has 0 spiro atoms. The van der Waals surface area contributed by atoms with E-state index in [9.17, 15) is 9.59 Å². The lowest BCUT2D eigenvalue weighted by molar-refractivity contribution is -0.122. The number of fused-ring (bicyclic) bond motifs is 1. The van der Waals surface area contributed by atoms with Gasteiger partial charge in [0, 0.05) is 19.0 Å². The number of nitrogens with one attached hydrogen (secondary N) is 2. The first-order valence-electron chi connectivity index (χ1n) is 9.06. The second kappa shape index (κ2) is 8.27. The van der Waals surface area contributed by atoms with Gasteiger partial charge in [-0.15, -0.1) is 11.3 Å². The van der Waals surface area contributed by atoms with Gasteiger partial charge in [-0.05, 0) is 55.3 Å². The van der Waals surface area contributed by atoms with Crippen molar-refractivity contribution in [1.29, 1.82) is 0 Å². The SMILES string of the molecule is C[C@@H]1CCCC[C@H]1NC(=O)CCCCn1c(=S)[nH]c2ccsc2c1=O. The molecule has 5 nitrogen and oxygen atoms in total. The Balaban J connectivity index is 1.49. The number of nitrogens with zero attached hydrogens (tertiary/aromatic N) is 1. The third-order valence-corrected chi connectivity index (χ3v) is 6.31. The molecule has 1 saturated carbocycles. The van der Waals surface area contributed by atoms with Crippen LogP contribution in [0, 0.1) is 10.7 Å². The van der Waals surface area contributed by atoms with Gasteiger partial charge in [0.25, 0.3) is 5.56 Å². The zero-order chi connectivity index (χ0) is 17.8. The molecule has 3 rings (SSSR count). The first kappa shape index (κ1) is 18.3. The van der Waals surface area contributed by atoms with Crippen molar-refractivity contribution >= 4 is 39.7 Å². The molecule has 0 radical (unpaired) electrons. The van der Waals surface area contributed by atoms with Crippen LogP contribution in [0.5, 0.6) is 0 Å². The summed E-state index contributed by atoms with van der Waals surface area (Å²) in [5.74, 6) is 0.706. The Bertz CT molecular complexity index is 852. The number of hydrogen-bond donors (Lipinski definition) is 2. The van der Waals surface area contributed by atoms with Crippen molar-refractivity contribution in [2.75, 3.05) is 0 Å². The van der Waals surface area contributed by atoms with E-state index < -0.39 is 0 Å². The highest BCUT2D eigenvalue weighted by Crippen LogP contribution is 2.23. The maximum absolute atomic E-state index is 12.4. The summed E-state index contributed by atoms with van der Waals surface area (Å²) in [5.41, 5.74) is 0.770. The van der Waals surface area contributed by atoms with Crippen molar-refractivity contribution in [1.82, 2.24) is 14.9 Å². The van der Waals surface area contributed by atoms with Crippen LogP contribution in [0.15, 0.2) is 16.2 Å². The van der Waals surface area contributed by atoms with Crippen LogP contribution < -0.4 is 10.9 Å². The molecule has 136 valence electrons. The largest absolute Gasteiger partial charge is 0.353 e. The molecule has 2 aromatic heterocycles. The van der Waals surface area contributed by atoms with E-state index in [1.165, 1.54) is 30.6 Å². The molecule has 1 fully saturated rings. The monoisotopic (exact) mass is 379 g/mol. The summed E-state index contributed by atoms with van der Waals surface area (Å²) in [6.07, 6.45) is 6.82. The standard InChI is InChI=1S/C18H25N3O2S2/c1-12-6-2-3-7-13(12)19-15(22)8-4-5-10-21-17(23)16-14(9-11-25-16)20-18(21)24/h9,11-13H,2-8,10H2,1H3,(H,19,22)(H,20,24)/t12-,13-/m1/s1. The van der Waals surface area contributed by atoms with Crippen LogP contribution in [0.1, 0.15) is 51.9 Å². The fourth-order valence-electron chi connectivity index (χ4n) is 3.54. The average molecular weight is 380 g/mol. The number of thiophene rings is 1. The molecule has 25 heavy (non-hydrogen) atoms. The Labute approximate surface area is 156 Å². The van der Waals surface area contributed by atoms with Gasteiger partial charge in [0.15, 0.2) is 4.77 Å². The minimum atomic E-state index is -0.0331. The molecule has 1 aliphatic rings. The average Bonchev–Trinajstić information content (AvgIpc) is 3.04. The van der Waals surface area contributed by atoms with E-state index >= 15 is 0 Å². The van der Waals surface area contributed by atoms with Crippen molar-refractivity contribution in [3.63, 3.8) is 0 Å². The molecular formula is C18H25N3O2S2.